The highest BCUT2D eigenvalue weighted by Crippen LogP contribution is 2.42. The van der Waals surface area contributed by atoms with Crippen LogP contribution in [0.25, 0.3) is 10.9 Å². The molecule has 2 fully saturated rings. The number of aromatic nitrogens is 1. The highest BCUT2D eigenvalue weighted by Gasteiger charge is 2.52. The van der Waals surface area contributed by atoms with Crippen LogP contribution in [0.3, 0.4) is 0 Å². The van der Waals surface area contributed by atoms with E-state index in [2.05, 4.69) is 17.6 Å². The van der Waals surface area contributed by atoms with Crippen LogP contribution >= 0.6 is 0 Å². The lowest BCUT2D eigenvalue weighted by atomic mass is 9.82. The number of benzene rings is 1. The second-order valence-electron chi connectivity index (χ2n) is 10.8. The second-order valence-corrected chi connectivity index (χ2v) is 10.8. The lowest BCUT2D eigenvalue weighted by molar-refractivity contribution is -0.135. The van der Waals surface area contributed by atoms with Gasteiger partial charge >= 0.3 is 0 Å². The van der Waals surface area contributed by atoms with Crippen LogP contribution in [0.5, 0.6) is 0 Å². The van der Waals surface area contributed by atoms with Crippen molar-refractivity contribution in [3.63, 3.8) is 0 Å². The Labute approximate surface area is 201 Å². The van der Waals surface area contributed by atoms with Crippen molar-refractivity contribution in [2.45, 2.75) is 96.3 Å². The van der Waals surface area contributed by atoms with Gasteiger partial charge in [-0.15, -0.1) is 0 Å². The third kappa shape index (κ3) is 3.79. The van der Waals surface area contributed by atoms with Crippen molar-refractivity contribution in [2.75, 3.05) is 5.32 Å². The summed E-state index contributed by atoms with van der Waals surface area (Å²) < 4.78 is 1.96. The zero-order valence-corrected chi connectivity index (χ0v) is 20.5. The number of fused-ring (bicyclic) bond motifs is 3. The van der Waals surface area contributed by atoms with E-state index in [1.54, 1.807) is 0 Å². The molecule has 2 aromatic rings. The highest BCUT2D eigenvalue weighted by molar-refractivity contribution is 6.14. The van der Waals surface area contributed by atoms with E-state index >= 15 is 0 Å². The number of carbonyl (C=O) groups is 3. The summed E-state index contributed by atoms with van der Waals surface area (Å²) >= 11 is 0. The molecule has 5 rings (SSSR count). The summed E-state index contributed by atoms with van der Waals surface area (Å²) in [5.41, 5.74) is 0.917. The van der Waals surface area contributed by atoms with E-state index in [0.717, 1.165) is 62.3 Å². The summed E-state index contributed by atoms with van der Waals surface area (Å²) in [5.74, 6) is 0.208. The molecule has 0 spiro atoms. The number of nitrogens with zero attached hydrogens (tertiary/aromatic N) is 2. The standard InChI is InChI=1S/C27H36N4O3/c1-17-12-14-20(15-13-17)31-25(33)24-23(28-18(2)32)21-10-6-7-11-22(21)30(24)16-27(31,3)26(34)29-19-8-4-5-9-19/h6-7,10-11,17,19-20H,4-5,8-9,12-16H2,1-3H3,(H,28,32)(H,29,34). The maximum absolute atomic E-state index is 14.3. The van der Waals surface area contributed by atoms with E-state index in [9.17, 15) is 14.4 Å². The topological polar surface area (TPSA) is 83.4 Å². The van der Waals surface area contributed by atoms with Gasteiger partial charge in [-0.2, -0.15) is 0 Å². The van der Waals surface area contributed by atoms with Crippen molar-refractivity contribution in [1.82, 2.24) is 14.8 Å². The first kappa shape index (κ1) is 22.9. The monoisotopic (exact) mass is 464 g/mol. The molecule has 1 unspecified atom stereocenters. The van der Waals surface area contributed by atoms with E-state index in [4.69, 9.17) is 0 Å². The van der Waals surface area contributed by atoms with Gasteiger partial charge in [-0.25, -0.2) is 0 Å². The number of rotatable bonds is 4. The van der Waals surface area contributed by atoms with Crippen LogP contribution in [0.4, 0.5) is 5.69 Å². The van der Waals surface area contributed by atoms with Gasteiger partial charge in [0.15, 0.2) is 0 Å². The second kappa shape index (κ2) is 8.75. The molecule has 7 nitrogen and oxygen atoms in total. The van der Waals surface area contributed by atoms with Crippen molar-refractivity contribution in [2.24, 2.45) is 5.92 Å². The van der Waals surface area contributed by atoms with Crippen LogP contribution in [0.1, 0.15) is 82.6 Å². The molecule has 0 bridgehead atoms. The highest BCUT2D eigenvalue weighted by atomic mass is 16.2. The zero-order chi connectivity index (χ0) is 24.0. The van der Waals surface area contributed by atoms with Gasteiger partial charge in [-0.1, -0.05) is 38.0 Å². The quantitative estimate of drug-likeness (QED) is 0.701. The van der Waals surface area contributed by atoms with Gasteiger partial charge in [0, 0.05) is 24.4 Å². The molecule has 2 heterocycles. The normalized spacial score (nSPS) is 27.6. The Bertz CT molecular complexity index is 1120. The predicted molar refractivity (Wildman–Crippen MR) is 133 cm³/mol. The molecule has 34 heavy (non-hydrogen) atoms. The Hall–Kier alpha value is -2.83. The first-order chi connectivity index (χ1) is 16.3. The van der Waals surface area contributed by atoms with Gasteiger partial charge in [0.2, 0.25) is 11.8 Å². The van der Waals surface area contributed by atoms with Crippen molar-refractivity contribution in [1.29, 1.82) is 0 Å². The van der Waals surface area contributed by atoms with Crippen LogP contribution < -0.4 is 10.6 Å². The molecule has 3 aliphatic rings. The summed E-state index contributed by atoms with van der Waals surface area (Å²) in [6, 6.07) is 7.94. The molecule has 1 atom stereocenters. The fourth-order valence-corrected chi connectivity index (χ4v) is 6.38. The summed E-state index contributed by atoms with van der Waals surface area (Å²) in [6.45, 7) is 6.03. The van der Waals surface area contributed by atoms with Crippen molar-refractivity contribution >= 4 is 34.3 Å². The van der Waals surface area contributed by atoms with Crippen LogP contribution in [-0.4, -0.2) is 44.8 Å². The SMILES string of the molecule is CC(=O)Nc1c2n(c3ccccc13)CC(C)(C(=O)NC1CCCC1)N(C1CCC(C)CC1)C2=O. The Morgan fingerprint density at radius 1 is 1.03 bits per heavy atom. The minimum Gasteiger partial charge on any atom is -0.351 e. The molecule has 1 aromatic heterocycles. The minimum absolute atomic E-state index is 0.0139. The first-order valence-electron chi connectivity index (χ1n) is 12.8. The molecule has 2 saturated carbocycles. The van der Waals surface area contributed by atoms with Gasteiger partial charge in [-0.05, 0) is 57.4 Å². The lowest BCUT2D eigenvalue weighted by Crippen LogP contribution is -2.67. The molecule has 182 valence electrons. The number of hydrogen-bond acceptors (Lipinski definition) is 3. The number of carbonyl (C=O) groups excluding carboxylic acids is 3. The maximum atomic E-state index is 14.3. The van der Waals surface area contributed by atoms with Gasteiger partial charge in [0.05, 0.1) is 17.7 Å². The number of nitrogens with one attached hydrogen (secondary N) is 2. The summed E-state index contributed by atoms with van der Waals surface area (Å²) in [4.78, 5) is 42.1. The molecule has 0 radical (unpaired) electrons. The molecule has 1 aromatic carbocycles. The van der Waals surface area contributed by atoms with Gasteiger partial charge in [0.1, 0.15) is 11.2 Å². The van der Waals surface area contributed by atoms with E-state index in [1.807, 2.05) is 40.7 Å². The Kier molecular flexibility index (Phi) is 5.90. The van der Waals surface area contributed by atoms with Gasteiger partial charge in [-0.3, -0.25) is 14.4 Å². The molecule has 3 amide bonds. The molecular weight excluding hydrogens is 428 g/mol. The van der Waals surface area contributed by atoms with Crippen molar-refractivity contribution in [3.8, 4) is 0 Å². The summed E-state index contributed by atoms with van der Waals surface area (Å²) in [6.07, 6.45) is 8.17. The van der Waals surface area contributed by atoms with Gasteiger partial charge < -0.3 is 20.1 Å². The van der Waals surface area contributed by atoms with Crippen LogP contribution in [0, 0.1) is 5.92 Å². The van der Waals surface area contributed by atoms with Crippen molar-refractivity contribution in [3.05, 3.63) is 30.0 Å². The van der Waals surface area contributed by atoms with Gasteiger partial charge in [0.25, 0.3) is 5.91 Å². The first-order valence-corrected chi connectivity index (χ1v) is 12.8. The van der Waals surface area contributed by atoms with Crippen LogP contribution in [0.2, 0.25) is 0 Å². The smallest absolute Gasteiger partial charge is 0.273 e. The number of para-hydroxylation sites is 1. The van der Waals surface area contributed by atoms with Crippen molar-refractivity contribution < 1.29 is 14.4 Å². The van der Waals surface area contributed by atoms with E-state index in [-0.39, 0.29) is 29.8 Å². The largest absolute Gasteiger partial charge is 0.351 e. The average Bonchev–Trinajstić information content (AvgIpc) is 3.41. The molecule has 7 heteroatoms. The molecule has 1 aliphatic heterocycles. The zero-order valence-electron chi connectivity index (χ0n) is 20.5. The third-order valence-electron chi connectivity index (χ3n) is 8.22. The molecule has 2 aliphatic carbocycles. The maximum Gasteiger partial charge on any atom is 0.273 e. The molecule has 2 N–H and O–H groups in total. The third-order valence-corrected chi connectivity index (χ3v) is 8.22. The van der Waals surface area contributed by atoms with E-state index < -0.39 is 5.54 Å². The number of anilines is 1. The predicted octanol–water partition coefficient (Wildman–Crippen LogP) is 4.45. The number of amides is 3. The van der Waals surface area contributed by atoms with E-state index in [1.165, 1.54) is 6.92 Å². The van der Waals surface area contributed by atoms with E-state index in [0.29, 0.717) is 23.8 Å². The fourth-order valence-electron chi connectivity index (χ4n) is 6.38. The lowest BCUT2D eigenvalue weighted by Gasteiger charge is -2.49. The fraction of sp³-hybridized carbons (Fsp3) is 0.593. The van der Waals surface area contributed by atoms with Crippen LogP contribution in [-0.2, 0) is 16.1 Å². The Morgan fingerprint density at radius 2 is 1.71 bits per heavy atom. The van der Waals surface area contributed by atoms with Crippen LogP contribution in [0.15, 0.2) is 24.3 Å². The minimum atomic E-state index is -0.993. The average molecular weight is 465 g/mol. The Morgan fingerprint density at radius 3 is 2.38 bits per heavy atom. The molecular formula is C27H36N4O3. The summed E-state index contributed by atoms with van der Waals surface area (Å²) in [5, 5.41) is 7.05. The Balaban J connectivity index is 1.63. The molecule has 0 saturated heterocycles. The number of hydrogen-bond donors (Lipinski definition) is 2. The summed E-state index contributed by atoms with van der Waals surface area (Å²) in [7, 11) is 0.